The Bertz CT molecular complexity index is 367. The van der Waals surface area contributed by atoms with Gasteiger partial charge in [0.05, 0.1) is 18.8 Å². The molecule has 0 amide bonds. The van der Waals surface area contributed by atoms with Crippen molar-refractivity contribution in [3.63, 3.8) is 0 Å². The van der Waals surface area contributed by atoms with Crippen molar-refractivity contribution in [3.8, 4) is 0 Å². The molecule has 1 fully saturated rings. The number of hydrogen-bond acceptors (Lipinski definition) is 4. The van der Waals surface area contributed by atoms with Gasteiger partial charge in [-0.15, -0.1) is 0 Å². The highest BCUT2D eigenvalue weighted by molar-refractivity contribution is 5.13. The van der Waals surface area contributed by atoms with Crippen LogP contribution in [0.2, 0.25) is 0 Å². The van der Waals surface area contributed by atoms with Gasteiger partial charge in [-0.25, -0.2) is 0 Å². The molecule has 1 heterocycles. The van der Waals surface area contributed by atoms with Crippen LogP contribution in [-0.4, -0.2) is 34.8 Å². The highest BCUT2D eigenvalue weighted by Crippen LogP contribution is 2.29. The molecule has 1 saturated heterocycles. The molecule has 0 unspecified atom stereocenters. The van der Waals surface area contributed by atoms with Crippen LogP contribution in [0.1, 0.15) is 19.4 Å². The molecule has 0 spiro atoms. The molecule has 1 aromatic rings. The number of benzene rings is 1. The maximum Gasteiger partial charge on any atom is 0.181 e. The molecular weight excluding hydrogens is 232 g/mol. The zero-order valence-corrected chi connectivity index (χ0v) is 10.7. The molecule has 0 bridgehead atoms. The zero-order chi connectivity index (χ0) is 13.1. The molecular formula is C14H20O4. The summed E-state index contributed by atoms with van der Waals surface area (Å²) in [6.45, 7) is 4.25. The fourth-order valence-electron chi connectivity index (χ4n) is 2.25. The summed E-state index contributed by atoms with van der Waals surface area (Å²) >= 11 is 0. The lowest BCUT2D eigenvalue weighted by atomic mass is 9.97. The van der Waals surface area contributed by atoms with Crippen molar-refractivity contribution in [1.82, 2.24) is 0 Å². The van der Waals surface area contributed by atoms with Gasteiger partial charge in [0, 0.05) is 5.92 Å². The van der Waals surface area contributed by atoms with Crippen molar-refractivity contribution >= 4 is 0 Å². The Kier molecular flexibility index (Phi) is 4.35. The Balaban J connectivity index is 1.87. The number of aliphatic hydroxyl groups is 2. The average Bonchev–Trinajstić information content (AvgIpc) is 2.65. The lowest BCUT2D eigenvalue weighted by molar-refractivity contribution is -0.152. The van der Waals surface area contributed by atoms with Gasteiger partial charge in [-0.3, -0.25) is 0 Å². The topological polar surface area (TPSA) is 58.9 Å². The van der Waals surface area contributed by atoms with Gasteiger partial charge < -0.3 is 19.7 Å². The van der Waals surface area contributed by atoms with Crippen LogP contribution < -0.4 is 0 Å². The van der Waals surface area contributed by atoms with E-state index in [1.54, 1.807) is 0 Å². The summed E-state index contributed by atoms with van der Waals surface area (Å²) in [5, 5.41) is 19.1. The quantitative estimate of drug-likeness (QED) is 0.848. The monoisotopic (exact) mass is 252 g/mol. The van der Waals surface area contributed by atoms with Crippen LogP contribution in [0.15, 0.2) is 30.3 Å². The summed E-state index contributed by atoms with van der Waals surface area (Å²) in [5.41, 5.74) is 1.09. The molecule has 100 valence electrons. The van der Waals surface area contributed by atoms with Crippen LogP contribution in [0.4, 0.5) is 0 Å². The standard InChI is InChI=1S/C14H20O4/c1-9-12(15)14(16)18-13(9)10(2)17-8-11-6-4-3-5-7-11/h3-7,9-10,12-16H,8H2,1-2H3/t9-,10-,12+,13-,14+/m0/s1. The molecule has 0 radical (unpaired) electrons. The maximum atomic E-state index is 9.64. The molecule has 1 aromatic carbocycles. The van der Waals surface area contributed by atoms with Crippen LogP contribution in [0.5, 0.6) is 0 Å². The van der Waals surface area contributed by atoms with E-state index < -0.39 is 12.4 Å². The van der Waals surface area contributed by atoms with Crippen molar-refractivity contribution < 1.29 is 19.7 Å². The molecule has 0 aliphatic carbocycles. The van der Waals surface area contributed by atoms with Gasteiger partial charge in [-0.2, -0.15) is 0 Å². The molecule has 0 aromatic heterocycles. The Labute approximate surface area is 107 Å². The van der Waals surface area contributed by atoms with Crippen molar-refractivity contribution in [2.24, 2.45) is 5.92 Å². The second-order valence-electron chi connectivity index (χ2n) is 4.84. The summed E-state index contributed by atoms with van der Waals surface area (Å²) in [5.74, 6) is -0.134. The molecule has 4 heteroatoms. The summed E-state index contributed by atoms with van der Waals surface area (Å²) in [6, 6.07) is 9.88. The molecule has 18 heavy (non-hydrogen) atoms. The summed E-state index contributed by atoms with van der Waals surface area (Å²) < 4.78 is 11.0. The Morgan fingerprint density at radius 3 is 2.50 bits per heavy atom. The van der Waals surface area contributed by atoms with E-state index in [4.69, 9.17) is 9.47 Å². The normalized spacial score (nSPS) is 33.6. The Hall–Kier alpha value is -0.940. The minimum atomic E-state index is -1.10. The third-order valence-electron chi connectivity index (χ3n) is 3.46. The van der Waals surface area contributed by atoms with E-state index in [2.05, 4.69) is 0 Å². The van der Waals surface area contributed by atoms with Gasteiger partial charge in [-0.1, -0.05) is 37.3 Å². The van der Waals surface area contributed by atoms with Crippen molar-refractivity contribution in [3.05, 3.63) is 35.9 Å². The van der Waals surface area contributed by atoms with Gasteiger partial charge >= 0.3 is 0 Å². The van der Waals surface area contributed by atoms with Gasteiger partial charge in [0.15, 0.2) is 6.29 Å². The number of rotatable bonds is 4. The number of ether oxygens (including phenoxy) is 2. The summed E-state index contributed by atoms with van der Waals surface area (Å²) in [7, 11) is 0. The van der Waals surface area contributed by atoms with Gasteiger partial charge in [0.1, 0.15) is 6.10 Å². The smallest absolute Gasteiger partial charge is 0.181 e. The Morgan fingerprint density at radius 1 is 1.28 bits per heavy atom. The largest absolute Gasteiger partial charge is 0.387 e. The molecule has 5 atom stereocenters. The van der Waals surface area contributed by atoms with Crippen LogP contribution in [0.3, 0.4) is 0 Å². The molecule has 1 aliphatic rings. The van der Waals surface area contributed by atoms with E-state index >= 15 is 0 Å². The first kappa shape index (κ1) is 13.5. The van der Waals surface area contributed by atoms with E-state index in [1.807, 2.05) is 44.2 Å². The van der Waals surface area contributed by atoms with Crippen molar-refractivity contribution in [2.75, 3.05) is 0 Å². The third-order valence-corrected chi connectivity index (χ3v) is 3.46. The summed E-state index contributed by atoms with van der Waals surface area (Å²) in [4.78, 5) is 0. The highest BCUT2D eigenvalue weighted by atomic mass is 16.6. The van der Waals surface area contributed by atoms with E-state index in [9.17, 15) is 10.2 Å². The number of aliphatic hydroxyl groups excluding tert-OH is 2. The fourth-order valence-corrected chi connectivity index (χ4v) is 2.25. The number of hydrogen-bond donors (Lipinski definition) is 2. The highest BCUT2D eigenvalue weighted by Gasteiger charge is 2.42. The lowest BCUT2D eigenvalue weighted by Crippen LogP contribution is -2.32. The maximum absolute atomic E-state index is 9.64. The molecule has 2 rings (SSSR count). The molecule has 4 nitrogen and oxygen atoms in total. The van der Waals surface area contributed by atoms with Gasteiger partial charge in [0.2, 0.25) is 0 Å². The zero-order valence-electron chi connectivity index (χ0n) is 10.7. The van der Waals surface area contributed by atoms with Crippen LogP contribution in [0.25, 0.3) is 0 Å². The minimum absolute atomic E-state index is 0.134. The minimum Gasteiger partial charge on any atom is -0.387 e. The summed E-state index contributed by atoms with van der Waals surface area (Å²) in [6.07, 6.45) is -2.39. The fraction of sp³-hybridized carbons (Fsp3) is 0.571. The molecule has 2 N–H and O–H groups in total. The van der Waals surface area contributed by atoms with E-state index in [0.29, 0.717) is 6.61 Å². The van der Waals surface area contributed by atoms with E-state index in [1.165, 1.54) is 0 Å². The van der Waals surface area contributed by atoms with E-state index in [-0.39, 0.29) is 18.1 Å². The first-order chi connectivity index (χ1) is 8.59. The Morgan fingerprint density at radius 2 is 1.94 bits per heavy atom. The van der Waals surface area contributed by atoms with Gasteiger partial charge in [0.25, 0.3) is 0 Å². The van der Waals surface area contributed by atoms with Crippen molar-refractivity contribution in [2.45, 2.75) is 45.1 Å². The predicted octanol–water partition coefficient (Wildman–Crippen LogP) is 1.31. The molecule has 1 aliphatic heterocycles. The third kappa shape index (κ3) is 2.90. The van der Waals surface area contributed by atoms with Crippen molar-refractivity contribution in [1.29, 1.82) is 0 Å². The first-order valence-corrected chi connectivity index (χ1v) is 6.26. The molecule has 0 saturated carbocycles. The van der Waals surface area contributed by atoms with Crippen LogP contribution in [0, 0.1) is 5.92 Å². The SMILES string of the molecule is C[C@H]1[C@@H](O)[C@H](O)O[C@@H]1[C@H](C)OCc1ccccc1. The second kappa shape index (κ2) is 5.80. The lowest BCUT2D eigenvalue weighted by Gasteiger charge is -2.23. The first-order valence-electron chi connectivity index (χ1n) is 6.26. The predicted molar refractivity (Wildman–Crippen MR) is 66.7 cm³/mol. The second-order valence-corrected chi connectivity index (χ2v) is 4.84. The van der Waals surface area contributed by atoms with Crippen LogP contribution in [-0.2, 0) is 16.1 Å². The van der Waals surface area contributed by atoms with Gasteiger partial charge in [-0.05, 0) is 12.5 Å². The average molecular weight is 252 g/mol. The van der Waals surface area contributed by atoms with Crippen LogP contribution >= 0.6 is 0 Å². The van der Waals surface area contributed by atoms with E-state index in [0.717, 1.165) is 5.56 Å².